The van der Waals surface area contributed by atoms with Crippen molar-refractivity contribution in [1.29, 1.82) is 0 Å². The number of hydrogen-bond donors (Lipinski definition) is 1. The van der Waals surface area contributed by atoms with Crippen molar-refractivity contribution in [2.24, 2.45) is 0 Å². The monoisotopic (exact) mass is 839 g/mol. The number of amides is 1. The van der Waals surface area contributed by atoms with Crippen LogP contribution >= 0.6 is 67.8 Å². The molecule has 0 aliphatic heterocycles. The van der Waals surface area contributed by atoms with E-state index in [1.807, 2.05) is 67.8 Å². The number of benzene rings is 1. The number of carbonyl (C=O) groups excluding carboxylic acids is 5. The first-order valence-corrected chi connectivity index (χ1v) is 13.6. The summed E-state index contributed by atoms with van der Waals surface area (Å²) >= 11 is 5.60. The maximum absolute atomic E-state index is 12.9. The van der Waals surface area contributed by atoms with Crippen LogP contribution in [0.1, 0.15) is 47.9 Å². The van der Waals surface area contributed by atoms with Crippen molar-refractivity contribution in [3.63, 3.8) is 0 Å². The summed E-state index contributed by atoms with van der Waals surface area (Å²) in [4.78, 5) is 61.0. The highest BCUT2D eigenvalue weighted by Crippen LogP contribution is 2.36. The van der Waals surface area contributed by atoms with Gasteiger partial charge in [-0.3, -0.25) is 4.79 Å². The summed E-state index contributed by atoms with van der Waals surface area (Å²) in [5.74, 6) is -3.14. The Hall–Kier alpha value is -1.76. The highest BCUT2D eigenvalue weighted by molar-refractivity contribution is 14.1. The molecule has 196 valence electrons. The zero-order chi connectivity index (χ0) is 27.6. The standard InChI is InChI=1S/C23H24I3NO9/c1-6-13(28)27-19-17(25)14(22(31)35-9-7-33-20(29)11(2)3)16(24)15(18(19)26)23(32)36-10-8-34-21(30)12(4)5/h2,4,6-10H2,1,3,5H3,(H,27,28). The van der Waals surface area contributed by atoms with Crippen molar-refractivity contribution in [2.45, 2.75) is 27.2 Å². The van der Waals surface area contributed by atoms with E-state index in [0.717, 1.165) is 0 Å². The van der Waals surface area contributed by atoms with Gasteiger partial charge in [-0.25, -0.2) is 19.2 Å². The topological polar surface area (TPSA) is 134 Å². The molecule has 0 aromatic heterocycles. The first-order valence-electron chi connectivity index (χ1n) is 10.3. The van der Waals surface area contributed by atoms with E-state index in [9.17, 15) is 24.0 Å². The molecular formula is C23H24I3NO9. The molecule has 0 saturated heterocycles. The minimum absolute atomic E-state index is 0.0370. The van der Waals surface area contributed by atoms with Crippen LogP contribution < -0.4 is 5.32 Å². The van der Waals surface area contributed by atoms with Crippen molar-refractivity contribution >= 4 is 103 Å². The molecule has 1 aromatic carbocycles. The van der Waals surface area contributed by atoms with Gasteiger partial charge in [0.25, 0.3) is 0 Å². The Morgan fingerprint density at radius 2 is 1.06 bits per heavy atom. The van der Waals surface area contributed by atoms with Gasteiger partial charge in [-0.05, 0) is 81.6 Å². The first-order chi connectivity index (χ1) is 16.8. The lowest BCUT2D eigenvalue weighted by atomic mass is 10.1. The lowest BCUT2D eigenvalue weighted by Crippen LogP contribution is -2.22. The number of ether oxygens (including phenoxy) is 4. The smallest absolute Gasteiger partial charge is 0.340 e. The highest BCUT2D eigenvalue weighted by Gasteiger charge is 2.30. The van der Waals surface area contributed by atoms with Crippen LogP contribution in [0.15, 0.2) is 24.3 Å². The number of esters is 4. The van der Waals surface area contributed by atoms with E-state index >= 15 is 0 Å². The molecule has 0 radical (unpaired) electrons. The Labute approximate surface area is 249 Å². The highest BCUT2D eigenvalue weighted by atomic mass is 127. The van der Waals surface area contributed by atoms with Crippen molar-refractivity contribution in [3.8, 4) is 0 Å². The SMILES string of the molecule is C=C(C)C(=O)OCCOC(=O)c1c(I)c(NC(=O)CC)c(I)c(C(=O)OCCOC(=O)C(=C)C)c1I. The number of anilines is 1. The molecule has 0 heterocycles. The second-order valence-electron chi connectivity index (χ2n) is 7.07. The number of halogens is 3. The van der Waals surface area contributed by atoms with E-state index < -0.39 is 23.9 Å². The summed E-state index contributed by atoms with van der Waals surface area (Å²) in [7, 11) is 0. The predicted molar refractivity (Wildman–Crippen MR) is 156 cm³/mol. The maximum atomic E-state index is 12.9. The molecule has 0 saturated carbocycles. The predicted octanol–water partition coefficient (Wildman–Crippen LogP) is 4.40. The lowest BCUT2D eigenvalue weighted by molar-refractivity contribution is -0.140. The van der Waals surface area contributed by atoms with E-state index in [0.29, 0.717) is 7.14 Å². The molecule has 0 spiro atoms. The fourth-order valence-electron chi connectivity index (χ4n) is 2.29. The Morgan fingerprint density at radius 1 is 0.694 bits per heavy atom. The molecule has 0 atom stereocenters. The van der Waals surface area contributed by atoms with Gasteiger partial charge in [-0.2, -0.15) is 0 Å². The van der Waals surface area contributed by atoms with Gasteiger partial charge in [-0.1, -0.05) is 20.1 Å². The van der Waals surface area contributed by atoms with Gasteiger partial charge in [0.1, 0.15) is 26.4 Å². The van der Waals surface area contributed by atoms with Crippen LogP contribution in [-0.2, 0) is 33.3 Å². The van der Waals surface area contributed by atoms with E-state index in [1.54, 1.807) is 6.92 Å². The van der Waals surface area contributed by atoms with Gasteiger partial charge in [0, 0.05) is 21.1 Å². The average molecular weight is 839 g/mol. The minimum atomic E-state index is -0.789. The van der Waals surface area contributed by atoms with E-state index in [4.69, 9.17) is 18.9 Å². The van der Waals surface area contributed by atoms with E-state index in [1.165, 1.54) is 13.8 Å². The van der Waals surface area contributed by atoms with Crippen LogP contribution in [0.3, 0.4) is 0 Å². The van der Waals surface area contributed by atoms with Crippen LogP contribution in [0.4, 0.5) is 5.69 Å². The summed E-state index contributed by atoms with van der Waals surface area (Å²) in [5.41, 5.74) is 0.739. The maximum Gasteiger partial charge on any atom is 0.340 e. The Morgan fingerprint density at radius 3 is 1.39 bits per heavy atom. The third kappa shape index (κ3) is 9.28. The normalized spacial score (nSPS) is 10.2. The van der Waals surface area contributed by atoms with Crippen LogP contribution in [0.2, 0.25) is 0 Å². The number of hydrogen-bond acceptors (Lipinski definition) is 9. The lowest BCUT2D eigenvalue weighted by Gasteiger charge is -2.18. The van der Waals surface area contributed by atoms with E-state index in [-0.39, 0.29) is 70.3 Å². The van der Waals surface area contributed by atoms with Crippen LogP contribution in [0, 0.1) is 10.7 Å². The third-order valence-corrected chi connectivity index (χ3v) is 7.34. The molecular weight excluding hydrogens is 815 g/mol. The first kappa shape index (κ1) is 32.3. The number of rotatable bonds is 12. The summed E-state index contributed by atoms with van der Waals surface area (Å²) in [6.45, 7) is 10.7. The molecule has 1 rings (SSSR count). The van der Waals surface area contributed by atoms with Gasteiger partial charge in [-0.15, -0.1) is 0 Å². The Balaban J connectivity index is 3.22. The zero-order valence-electron chi connectivity index (χ0n) is 19.8. The molecule has 0 bridgehead atoms. The van der Waals surface area contributed by atoms with Gasteiger partial charge >= 0.3 is 23.9 Å². The van der Waals surface area contributed by atoms with Crippen molar-refractivity contribution in [1.82, 2.24) is 0 Å². The van der Waals surface area contributed by atoms with Crippen LogP contribution in [0.25, 0.3) is 0 Å². The number of nitrogens with one attached hydrogen (secondary N) is 1. The van der Waals surface area contributed by atoms with Crippen molar-refractivity contribution in [3.05, 3.63) is 46.1 Å². The molecule has 36 heavy (non-hydrogen) atoms. The second kappa shape index (κ2) is 15.5. The van der Waals surface area contributed by atoms with Crippen LogP contribution in [0.5, 0.6) is 0 Å². The summed E-state index contributed by atoms with van der Waals surface area (Å²) in [5, 5.41) is 2.70. The summed E-state index contributed by atoms with van der Waals surface area (Å²) in [6.07, 6.45) is 0.167. The fourth-order valence-corrected chi connectivity index (χ4v) is 6.60. The van der Waals surface area contributed by atoms with Gasteiger partial charge in [0.05, 0.1) is 24.0 Å². The molecule has 0 fully saturated rings. The minimum Gasteiger partial charge on any atom is -0.459 e. The van der Waals surface area contributed by atoms with Gasteiger partial charge in [0.2, 0.25) is 5.91 Å². The number of carbonyl (C=O) groups is 5. The Kier molecular flexibility index (Phi) is 13.9. The largest absolute Gasteiger partial charge is 0.459 e. The summed E-state index contributed by atoms with van der Waals surface area (Å²) in [6, 6.07) is 0. The fraction of sp³-hybridized carbons (Fsp3) is 0.348. The summed E-state index contributed by atoms with van der Waals surface area (Å²) < 4.78 is 21.3. The quantitative estimate of drug-likeness (QED) is 0.107. The van der Waals surface area contributed by atoms with Crippen molar-refractivity contribution < 1.29 is 42.9 Å². The van der Waals surface area contributed by atoms with Crippen molar-refractivity contribution in [2.75, 3.05) is 31.7 Å². The molecule has 0 aliphatic rings. The zero-order valence-corrected chi connectivity index (χ0v) is 26.2. The molecule has 1 amide bonds. The molecule has 1 aromatic rings. The third-order valence-electron chi connectivity index (χ3n) is 4.11. The molecule has 0 unspecified atom stereocenters. The van der Waals surface area contributed by atoms with Gasteiger partial charge < -0.3 is 24.3 Å². The molecule has 1 N–H and O–H groups in total. The molecule has 10 nitrogen and oxygen atoms in total. The van der Waals surface area contributed by atoms with Gasteiger partial charge in [0.15, 0.2) is 0 Å². The van der Waals surface area contributed by atoms with Crippen LogP contribution in [-0.4, -0.2) is 56.2 Å². The Bertz CT molecular complexity index is 1030. The van der Waals surface area contributed by atoms with E-state index in [2.05, 4.69) is 18.5 Å². The molecule has 0 aliphatic carbocycles. The molecule has 13 heteroatoms. The second-order valence-corrected chi connectivity index (χ2v) is 10.3. The average Bonchev–Trinajstić information content (AvgIpc) is 2.81.